The standard InChI is InChI=1S/C14H24N2O4S/c1-4-8-15-10-12-5-6-13(20-12)21(17,18)16-14(3)7-9-19-11(14)2/h5-6,11,15-16H,4,7-10H2,1-3H3. The highest BCUT2D eigenvalue weighted by atomic mass is 32.2. The van der Waals surface area contributed by atoms with Crippen molar-refractivity contribution in [2.75, 3.05) is 13.2 Å². The second-order valence-electron chi connectivity index (χ2n) is 5.68. The summed E-state index contributed by atoms with van der Waals surface area (Å²) < 4.78 is 38.4. The van der Waals surface area contributed by atoms with E-state index in [-0.39, 0.29) is 11.2 Å². The van der Waals surface area contributed by atoms with Crippen molar-refractivity contribution >= 4 is 10.0 Å². The van der Waals surface area contributed by atoms with Crippen LogP contribution in [0, 0.1) is 0 Å². The Morgan fingerprint density at radius 1 is 1.43 bits per heavy atom. The SMILES string of the molecule is CCCNCc1ccc(S(=O)(=O)NC2(C)CCOC2C)o1. The summed E-state index contributed by atoms with van der Waals surface area (Å²) >= 11 is 0. The largest absolute Gasteiger partial charge is 0.447 e. The Morgan fingerprint density at radius 2 is 2.19 bits per heavy atom. The molecule has 2 N–H and O–H groups in total. The van der Waals surface area contributed by atoms with Crippen molar-refractivity contribution in [3.05, 3.63) is 17.9 Å². The maximum atomic E-state index is 12.4. The van der Waals surface area contributed by atoms with Crippen LogP contribution in [0.25, 0.3) is 0 Å². The first-order valence-electron chi connectivity index (χ1n) is 7.32. The molecule has 120 valence electrons. The summed E-state index contributed by atoms with van der Waals surface area (Å²) in [6.07, 6.45) is 1.51. The molecule has 2 rings (SSSR count). The van der Waals surface area contributed by atoms with Gasteiger partial charge in [-0.25, -0.2) is 8.42 Å². The Morgan fingerprint density at radius 3 is 2.81 bits per heavy atom. The van der Waals surface area contributed by atoms with Crippen LogP contribution in [-0.2, 0) is 21.3 Å². The lowest BCUT2D eigenvalue weighted by Gasteiger charge is -2.27. The van der Waals surface area contributed by atoms with Gasteiger partial charge < -0.3 is 14.5 Å². The molecule has 0 bridgehead atoms. The molecule has 1 aliphatic rings. The highest BCUT2D eigenvalue weighted by Gasteiger charge is 2.41. The smallest absolute Gasteiger partial charge is 0.274 e. The van der Waals surface area contributed by atoms with Gasteiger partial charge in [0.1, 0.15) is 5.76 Å². The first kappa shape index (κ1) is 16.5. The van der Waals surface area contributed by atoms with Gasteiger partial charge in [-0.05, 0) is 45.4 Å². The minimum atomic E-state index is -3.67. The van der Waals surface area contributed by atoms with E-state index in [0.717, 1.165) is 13.0 Å². The van der Waals surface area contributed by atoms with Crippen LogP contribution in [0.5, 0.6) is 0 Å². The lowest BCUT2D eigenvalue weighted by atomic mass is 9.97. The van der Waals surface area contributed by atoms with Crippen molar-refractivity contribution in [3.63, 3.8) is 0 Å². The van der Waals surface area contributed by atoms with Gasteiger partial charge in [-0.1, -0.05) is 6.92 Å². The fourth-order valence-corrected chi connectivity index (χ4v) is 3.76. The van der Waals surface area contributed by atoms with Gasteiger partial charge in [0.15, 0.2) is 0 Å². The van der Waals surface area contributed by atoms with Crippen LogP contribution in [0.2, 0.25) is 0 Å². The van der Waals surface area contributed by atoms with Crippen molar-refractivity contribution in [2.45, 2.75) is 56.9 Å². The summed E-state index contributed by atoms with van der Waals surface area (Å²) in [5, 5.41) is 3.13. The van der Waals surface area contributed by atoms with E-state index in [1.807, 2.05) is 13.8 Å². The van der Waals surface area contributed by atoms with Crippen LogP contribution in [0.3, 0.4) is 0 Å². The first-order valence-corrected chi connectivity index (χ1v) is 8.81. The summed E-state index contributed by atoms with van der Waals surface area (Å²) in [4.78, 5) is 0. The Kier molecular flexibility index (Phi) is 5.08. The zero-order valence-corrected chi connectivity index (χ0v) is 13.6. The van der Waals surface area contributed by atoms with Gasteiger partial charge in [0, 0.05) is 6.61 Å². The van der Waals surface area contributed by atoms with E-state index in [1.165, 1.54) is 6.07 Å². The molecule has 7 heteroatoms. The van der Waals surface area contributed by atoms with Crippen LogP contribution in [0.15, 0.2) is 21.6 Å². The van der Waals surface area contributed by atoms with Crippen LogP contribution in [-0.4, -0.2) is 33.2 Å². The Hall–Kier alpha value is -0.890. The zero-order valence-electron chi connectivity index (χ0n) is 12.8. The molecule has 1 aromatic rings. The molecule has 2 heterocycles. The second kappa shape index (κ2) is 6.48. The Labute approximate surface area is 126 Å². The molecule has 2 unspecified atom stereocenters. The van der Waals surface area contributed by atoms with Gasteiger partial charge in [0.05, 0.1) is 18.2 Å². The maximum Gasteiger partial charge on any atom is 0.274 e. The molecular weight excluding hydrogens is 292 g/mol. The van der Waals surface area contributed by atoms with E-state index in [2.05, 4.69) is 17.0 Å². The predicted octanol–water partition coefficient (Wildman–Crippen LogP) is 1.62. The van der Waals surface area contributed by atoms with Gasteiger partial charge in [-0.3, -0.25) is 0 Å². The van der Waals surface area contributed by atoms with E-state index < -0.39 is 15.6 Å². The lowest BCUT2D eigenvalue weighted by molar-refractivity contribution is 0.0956. The summed E-state index contributed by atoms with van der Waals surface area (Å²) in [6.45, 7) is 7.76. The third-order valence-corrected chi connectivity index (χ3v) is 5.37. The highest BCUT2D eigenvalue weighted by molar-refractivity contribution is 7.89. The average Bonchev–Trinajstić information content (AvgIpc) is 2.98. The molecule has 6 nitrogen and oxygen atoms in total. The summed E-state index contributed by atoms with van der Waals surface area (Å²) in [6, 6.07) is 3.18. The topological polar surface area (TPSA) is 80.6 Å². The van der Waals surface area contributed by atoms with Crippen LogP contribution in [0.1, 0.15) is 39.4 Å². The maximum absolute atomic E-state index is 12.4. The molecule has 0 aliphatic carbocycles. The van der Waals surface area contributed by atoms with E-state index in [4.69, 9.17) is 9.15 Å². The minimum Gasteiger partial charge on any atom is -0.447 e. The van der Waals surface area contributed by atoms with Crippen molar-refractivity contribution in [2.24, 2.45) is 0 Å². The van der Waals surface area contributed by atoms with Gasteiger partial charge in [0.2, 0.25) is 5.09 Å². The molecule has 21 heavy (non-hydrogen) atoms. The van der Waals surface area contributed by atoms with Gasteiger partial charge in [0.25, 0.3) is 10.0 Å². The third-order valence-electron chi connectivity index (χ3n) is 3.88. The van der Waals surface area contributed by atoms with Gasteiger partial charge in [-0.2, -0.15) is 4.72 Å². The van der Waals surface area contributed by atoms with E-state index in [0.29, 0.717) is 25.3 Å². The quantitative estimate of drug-likeness (QED) is 0.747. The van der Waals surface area contributed by atoms with Crippen LogP contribution in [0.4, 0.5) is 0 Å². The van der Waals surface area contributed by atoms with Crippen molar-refractivity contribution < 1.29 is 17.6 Å². The number of furan rings is 1. The normalized spacial score (nSPS) is 26.3. The number of sulfonamides is 1. The molecule has 2 atom stereocenters. The van der Waals surface area contributed by atoms with E-state index >= 15 is 0 Å². The Balaban J connectivity index is 2.06. The van der Waals surface area contributed by atoms with Crippen molar-refractivity contribution in [1.82, 2.24) is 10.0 Å². The van der Waals surface area contributed by atoms with E-state index in [9.17, 15) is 8.42 Å². The fourth-order valence-electron chi connectivity index (χ4n) is 2.31. The number of rotatable bonds is 7. The molecule has 1 saturated heterocycles. The highest BCUT2D eigenvalue weighted by Crippen LogP contribution is 2.27. The van der Waals surface area contributed by atoms with Crippen molar-refractivity contribution in [3.8, 4) is 0 Å². The molecule has 1 aromatic heterocycles. The van der Waals surface area contributed by atoms with Crippen LogP contribution < -0.4 is 10.0 Å². The number of nitrogens with one attached hydrogen (secondary N) is 2. The minimum absolute atomic E-state index is 0.0453. The fraction of sp³-hybridized carbons (Fsp3) is 0.714. The van der Waals surface area contributed by atoms with Crippen LogP contribution >= 0.6 is 0 Å². The predicted molar refractivity (Wildman–Crippen MR) is 79.5 cm³/mol. The second-order valence-corrected chi connectivity index (χ2v) is 7.30. The monoisotopic (exact) mass is 316 g/mol. The zero-order chi connectivity index (χ0) is 15.5. The van der Waals surface area contributed by atoms with Crippen molar-refractivity contribution in [1.29, 1.82) is 0 Å². The molecule has 0 radical (unpaired) electrons. The lowest BCUT2D eigenvalue weighted by Crippen LogP contribution is -2.50. The molecule has 0 saturated carbocycles. The molecule has 0 amide bonds. The summed E-state index contributed by atoms with van der Waals surface area (Å²) in [7, 11) is -3.67. The molecule has 0 aromatic carbocycles. The molecule has 0 spiro atoms. The Bertz CT molecular complexity index is 569. The van der Waals surface area contributed by atoms with Gasteiger partial charge >= 0.3 is 0 Å². The summed E-state index contributed by atoms with van der Waals surface area (Å²) in [5.41, 5.74) is -0.591. The summed E-state index contributed by atoms with van der Waals surface area (Å²) in [5.74, 6) is 0.615. The van der Waals surface area contributed by atoms with Gasteiger partial charge in [-0.15, -0.1) is 0 Å². The molecule has 1 aliphatic heterocycles. The van der Waals surface area contributed by atoms with E-state index in [1.54, 1.807) is 6.07 Å². The third kappa shape index (κ3) is 3.85. The average molecular weight is 316 g/mol. The first-order chi connectivity index (χ1) is 9.87. The molecular formula is C14H24N2O4S. The molecule has 1 fully saturated rings. The number of hydrogen-bond donors (Lipinski definition) is 2. The number of ether oxygens (including phenoxy) is 1. The number of hydrogen-bond acceptors (Lipinski definition) is 5.